The topological polar surface area (TPSA) is 77.5 Å². The molecular weight excluding hydrogens is 418 g/mol. The Balaban J connectivity index is 1.24. The summed E-state index contributed by atoms with van der Waals surface area (Å²) in [5.41, 5.74) is 5.98. The average molecular weight is 450 g/mol. The van der Waals surface area contributed by atoms with Gasteiger partial charge >= 0.3 is 6.09 Å². The summed E-state index contributed by atoms with van der Waals surface area (Å²) in [7, 11) is 1.35. The van der Waals surface area contributed by atoms with Crippen LogP contribution in [0.4, 0.5) is 4.79 Å². The van der Waals surface area contributed by atoms with Gasteiger partial charge in [-0.3, -0.25) is 14.6 Å². The van der Waals surface area contributed by atoms with Gasteiger partial charge in [0.05, 0.1) is 32.0 Å². The number of piperazine rings is 1. The van der Waals surface area contributed by atoms with Crippen molar-refractivity contribution in [2.75, 3.05) is 52.9 Å². The second-order valence-electron chi connectivity index (χ2n) is 8.39. The number of benzene rings is 2. The Morgan fingerprint density at radius 1 is 0.939 bits per heavy atom. The molecule has 33 heavy (non-hydrogen) atoms. The number of carbonyl (C=O) groups is 2. The maximum Gasteiger partial charge on any atom is 0.410 e. The van der Waals surface area contributed by atoms with Crippen LogP contribution in [0.15, 0.2) is 65.8 Å². The Kier molecular flexibility index (Phi) is 7.70. The van der Waals surface area contributed by atoms with Gasteiger partial charge in [-0.25, -0.2) is 10.2 Å². The molecule has 0 aliphatic carbocycles. The molecule has 8 heteroatoms. The van der Waals surface area contributed by atoms with Crippen LogP contribution < -0.4 is 5.43 Å². The Labute approximate surface area is 194 Å². The normalized spacial score (nSPS) is 16.9. The molecule has 0 radical (unpaired) electrons. The van der Waals surface area contributed by atoms with E-state index < -0.39 is 0 Å². The van der Waals surface area contributed by atoms with E-state index in [4.69, 9.17) is 0 Å². The van der Waals surface area contributed by atoms with Crippen molar-refractivity contribution < 1.29 is 14.3 Å². The molecule has 0 unspecified atom stereocenters. The minimum atomic E-state index is -0.374. The van der Waals surface area contributed by atoms with Gasteiger partial charge in [-0.1, -0.05) is 60.7 Å². The molecule has 0 saturated carbocycles. The molecule has 2 amide bonds. The SMILES string of the molecule is COC(=O)N1CC(=NNC(=O)CCN2CCN(C(c3ccccc3)c3ccccc3)CC2)C1. The first-order chi connectivity index (χ1) is 16.1. The fourth-order valence-corrected chi connectivity index (χ4v) is 4.31. The molecule has 2 aliphatic rings. The zero-order chi connectivity index (χ0) is 23.0. The number of nitrogens with zero attached hydrogens (tertiary/aromatic N) is 4. The first-order valence-electron chi connectivity index (χ1n) is 11.4. The summed E-state index contributed by atoms with van der Waals surface area (Å²) in [6.07, 6.45) is 0.0272. The van der Waals surface area contributed by atoms with Crippen molar-refractivity contribution in [1.82, 2.24) is 20.1 Å². The number of likely N-dealkylation sites (tertiary alicyclic amines) is 1. The van der Waals surface area contributed by atoms with Crippen LogP contribution in [0, 0.1) is 0 Å². The molecule has 0 spiro atoms. The van der Waals surface area contributed by atoms with Crippen LogP contribution in [0.5, 0.6) is 0 Å². The minimum absolute atomic E-state index is 0.104. The highest BCUT2D eigenvalue weighted by Gasteiger charge is 2.28. The van der Waals surface area contributed by atoms with Gasteiger partial charge in [0, 0.05) is 39.1 Å². The van der Waals surface area contributed by atoms with Crippen LogP contribution in [0.2, 0.25) is 0 Å². The molecule has 0 atom stereocenters. The molecule has 2 saturated heterocycles. The van der Waals surface area contributed by atoms with Crippen molar-refractivity contribution in [2.45, 2.75) is 12.5 Å². The van der Waals surface area contributed by atoms with E-state index in [2.05, 4.69) is 85.7 Å². The number of hydrogen-bond donors (Lipinski definition) is 1. The molecule has 8 nitrogen and oxygen atoms in total. The molecular formula is C25H31N5O3. The van der Waals surface area contributed by atoms with Crippen LogP contribution in [0.1, 0.15) is 23.6 Å². The fraction of sp³-hybridized carbons (Fsp3) is 0.400. The van der Waals surface area contributed by atoms with Gasteiger partial charge in [0.15, 0.2) is 0 Å². The molecule has 2 aliphatic heterocycles. The summed E-state index contributed by atoms with van der Waals surface area (Å²) in [5, 5.41) is 4.10. The second kappa shape index (κ2) is 11.1. The second-order valence-corrected chi connectivity index (χ2v) is 8.39. The lowest BCUT2D eigenvalue weighted by molar-refractivity contribution is -0.121. The maximum absolute atomic E-state index is 12.2. The van der Waals surface area contributed by atoms with E-state index in [1.54, 1.807) is 0 Å². The number of nitrogens with one attached hydrogen (secondary N) is 1. The zero-order valence-corrected chi connectivity index (χ0v) is 19.0. The van der Waals surface area contributed by atoms with Gasteiger partial charge in [0.1, 0.15) is 0 Å². The minimum Gasteiger partial charge on any atom is -0.453 e. The highest BCUT2D eigenvalue weighted by Crippen LogP contribution is 2.29. The lowest BCUT2D eigenvalue weighted by atomic mass is 9.96. The third-order valence-corrected chi connectivity index (χ3v) is 6.18. The lowest BCUT2D eigenvalue weighted by Gasteiger charge is -2.39. The van der Waals surface area contributed by atoms with E-state index in [-0.39, 0.29) is 18.0 Å². The summed E-state index contributed by atoms with van der Waals surface area (Å²) < 4.78 is 4.64. The average Bonchev–Trinajstić information content (AvgIpc) is 2.84. The number of rotatable bonds is 7. The number of hydrogen-bond acceptors (Lipinski definition) is 6. The zero-order valence-electron chi connectivity index (χ0n) is 19.0. The molecule has 1 N–H and O–H groups in total. The summed E-state index contributed by atoms with van der Waals surface area (Å²) in [4.78, 5) is 29.9. The number of amides is 2. The molecule has 174 valence electrons. The highest BCUT2D eigenvalue weighted by atomic mass is 16.5. The highest BCUT2D eigenvalue weighted by molar-refractivity contribution is 5.98. The molecule has 4 rings (SSSR count). The van der Waals surface area contributed by atoms with Gasteiger partial charge in [0.25, 0.3) is 0 Å². The van der Waals surface area contributed by atoms with Gasteiger partial charge < -0.3 is 9.64 Å². The first-order valence-corrected chi connectivity index (χ1v) is 11.4. The Morgan fingerprint density at radius 3 is 2.06 bits per heavy atom. The summed E-state index contributed by atoms with van der Waals surface area (Å²) in [5.74, 6) is -0.104. The van der Waals surface area contributed by atoms with Crippen LogP contribution in [-0.4, -0.2) is 85.3 Å². The Bertz CT molecular complexity index is 911. The van der Waals surface area contributed by atoms with Crippen LogP contribution in [-0.2, 0) is 9.53 Å². The maximum atomic E-state index is 12.2. The molecule has 2 heterocycles. The molecule has 2 aromatic rings. The van der Waals surface area contributed by atoms with Crippen molar-refractivity contribution in [3.8, 4) is 0 Å². The monoisotopic (exact) mass is 449 g/mol. The fourth-order valence-electron chi connectivity index (χ4n) is 4.31. The smallest absolute Gasteiger partial charge is 0.410 e. The quantitative estimate of drug-likeness (QED) is 0.657. The van der Waals surface area contributed by atoms with Crippen LogP contribution in [0.25, 0.3) is 0 Å². The standard InChI is InChI=1S/C25H31N5O3/c1-33-25(32)30-18-22(19-30)26-27-23(31)12-13-28-14-16-29(17-15-28)24(20-8-4-2-5-9-20)21-10-6-3-7-11-21/h2-11,24H,12-19H2,1H3,(H,27,31). The predicted molar refractivity (Wildman–Crippen MR) is 127 cm³/mol. The third kappa shape index (κ3) is 5.97. The Hall–Kier alpha value is -3.23. The first kappa shape index (κ1) is 22.9. The van der Waals surface area contributed by atoms with Gasteiger partial charge in [-0.05, 0) is 11.1 Å². The van der Waals surface area contributed by atoms with Crippen molar-refractivity contribution in [2.24, 2.45) is 5.10 Å². The van der Waals surface area contributed by atoms with Crippen molar-refractivity contribution in [3.05, 3.63) is 71.8 Å². The summed E-state index contributed by atoms with van der Waals surface area (Å²) in [6, 6.07) is 21.5. The van der Waals surface area contributed by atoms with Gasteiger partial charge in [-0.15, -0.1) is 0 Å². The van der Waals surface area contributed by atoms with Crippen molar-refractivity contribution >= 4 is 17.7 Å². The van der Waals surface area contributed by atoms with E-state index in [0.29, 0.717) is 26.1 Å². The van der Waals surface area contributed by atoms with E-state index in [9.17, 15) is 9.59 Å². The Morgan fingerprint density at radius 2 is 1.52 bits per heavy atom. The number of methoxy groups -OCH3 is 1. The van der Waals surface area contributed by atoms with Crippen molar-refractivity contribution in [1.29, 1.82) is 0 Å². The van der Waals surface area contributed by atoms with Gasteiger partial charge in [0.2, 0.25) is 5.91 Å². The number of hydrazone groups is 1. The summed E-state index contributed by atoms with van der Waals surface area (Å²) in [6.45, 7) is 5.25. The van der Waals surface area contributed by atoms with E-state index >= 15 is 0 Å². The van der Waals surface area contributed by atoms with Crippen LogP contribution in [0.3, 0.4) is 0 Å². The number of carbonyl (C=O) groups excluding carboxylic acids is 2. The van der Waals surface area contributed by atoms with E-state index in [1.807, 2.05) is 0 Å². The van der Waals surface area contributed by atoms with E-state index in [0.717, 1.165) is 31.9 Å². The van der Waals surface area contributed by atoms with Gasteiger partial charge in [-0.2, -0.15) is 5.10 Å². The molecule has 2 aromatic carbocycles. The van der Waals surface area contributed by atoms with Crippen molar-refractivity contribution in [3.63, 3.8) is 0 Å². The molecule has 0 bridgehead atoms. The third-order valence-electron chi connectivity index (χ3n) is 6.18. The van der Waals surface area contributed by atoms with Crippen LogP contribution >= 0.6 is 0 Å². The number of ether oxygens (including phenoxy) is 1. The largest absolute Gasteiger partial charge is 0.453 e. The summed E-state index contributed by atoms with van der Waals surface area (Å²) >= 11 is 0. The lowest BCUT2D eigenvalue weighted by Crippen LogP contribution is -2.51. The predicted octanol–water partition coefficient (Wildman–Crippen LogP) is 2.34. The van der Waals surface area contributed by atoms with E-state index in [1.165, 1.54) is 23.1 Å². The molecule has 0 aromatic heterocycles. The molecule has 2 fully saturated rings.